The topological polar surface area (TPSA) is 17.1 Å². The summed E-state index contributed by atoms with van der Waals surface area (Å²) in [5.74, 6) is 0. The van der Waals surface area contributed by atoms with Crippen molar-refractivity contribution in [3.05, 3.63) is 12.2 Å². The molecule has 0 aromatic rings. The molecular weight excluding hydrogens is 88.1 g/mol. The van der Waals surface area contributed by atoms with Crippen molar-refractivity contribution >= 4 is 6.29 Å². The molecule has 0 N–H and O–H groups in total. The molecule has 7 heavy (non-hydrogen) atoms. The Morgan fingerprint density at radius 2 is 2.57 bits per heavy atom. The Labute approximate surface area is 46.8 Å². The highest BCUT2D eigenvalue weighted by atomic mass is 16.1. The number of carbonyl (C=O) groups is 1. The van der Waals surface area contributed by atoms with Crippen LogP contribution < -0.4 is 0 Å². The maximum atomic E-state index is 9.71. The lowest BCUT2D eigenvalue weighted by molar-refractivity contribution is -0.104. The summed E-state index contributed by atoms with van der Waals surface area (Å²) in [5, 5.41) is 0. The maximum Gasteiger partial charge on any atom is 0.142 e. The predicted octanol–water partition coefficient (Wildman–Crippen LogP) is 1.54. The Kier molecular flexibility index (Phi) is 2.64. The maximum absolute atomic E-state index is 9.71. The Morgan fingerprint density at radius 3 is 3.00 bits per heavy atom. The van der Waals surface area contributed by atoms with E-state index in [2.05, 4.69) is 0 Å². The largest absolute Gasteiger partial charge is 0.299 e. The predicted molar refractivity (Wildman–Crippen MR) is 30.1 cm³/mol. The standard InChI is InChI=1S/C6H10O/c1-2-3-4-5-6-7/h4-6H,2-3H2,1H3/b5-4+/i3D2. The van der Waals surface area contributed by atoms with E-state index in [4.69, 9.17) is 2.74 Å². The number of allylic oxidation sites excluding steroid dienone is 2. The average molecular weight is 100 g/mol. The first-order chi connectivity index (χ1) is 4.12. The lowest BCUT2D eigenvalue weighted by atomic mass is 10.3. The Balaban J connectivity index is 3.84. The quantitative estimate of drug-likeness (QED) is 0.388. The number of carbonyl (C=O) groups excluding carboxylic acids is 1. The Bertz CT molecular complexity index is 118. The van der Waals surface area contributed by atoms with Crippen LogP contribution in [-0.4, -0.2) is 6.29 Å². The zero-order valence-electron chi connectivity index (χ0n) is 6.35. The summed E-state index contributed by atoms with van der Waals surface area (Å²) in [4.78, 5) is 9.71. The van der Waals surface area contributed by atoms with Crippen molar-refractivity contribution < 1.29 is 7.54 Å². The normalized spacial score (nSPS) is 16.1. The molecule has 0 aromatic carbocycles. The summed E-state index contributed by atoms with van der Waals surface area (Å²) in [6, 6.07) is 0. The molecule has 0 fully saturated rings. The van der Waals surface area contributed by atoms with E-state index in [0.717, 1.165) is 0 Å². The zero-order valence-corrected chi connectivity index (χ0v) is 4.35. The van der Waals surface area contributed by atoms with Crippen LogP contribution in [-0.2, 0) is 4.79 Å². The molecule has 0 bridgehead atoms. The highest BCUT2D eigenvalue weighted by Gasteiger charge is 1.67. The summed E-state index contributed by atoms with van der Waals surface area (Å²) >= 11 is 0. The van der Waals surface area contributed by atoms with Crippen LogP contribution in [0.2, 0.25) is 0 Å². The summed E-state index contributed by atoms with van der Waals surface area (Å²) in [6.45, 7) is 1.73. The fourth-order valence-electron chi connectivity index (χ4n) is 0.225. The third kappa shape index (κ3) is 5.41. The van der Waals surface area contributed by atoms with Crippen LogP contribution in [0, 0.1) is 0 Å². The van der Waals surface area contributed by atoms with Gasteiger partial charge in [-0.15, -0.1) is 0 Å². The van der Waals surface area contributed by atoms with Gasteiger partial charge in [0.1, 0.15) is 6.29 Å². The average Bonchev–Trinajstić information content (AvgIpc) is 1.84. The SMILES string of the molecule is [2H]C([2H])(/C=C/C=O)CC. The minimum atomic E-state index is -1.32. The van der Waals surface area contributed by atoms with Gasteiger partial charge in [0.25, 0.3) is 0 Å². The van der Waals surface area contributed by atoms with Crippen LogP contribution in [0.3, 0.4) is 0 Å². The van der Waals surface area contributed by atoms with Gasteiger partial charge in [-0.2, -0.15) is 0 Å². The number of hydrogen-bond acceptors (Lipinski definition) is 1. The van der Waals surface area contributed by atoms with Crippen LogP contribution >= 0.6 is 0 Å². The van der Waals surface area contributed by atoms with Crippen molar-refractivity contribution in [3.63, 3.8) is 0 Å². The second-order valence-corrected chi connectivity index (χ2v) is 1.05. The molecular formula is C6H10O. The van der Waals surface area contributed by atoms with Gasteiger partial charge in [0, 0.05) is 2.74 Å². The van der Waals surface area contributed by atoms with Crippen molar-refractivity contribution in [1.82, 2.24) is 0 Å². The molecule has 0 amide bonds. The Morgan fingerprint density at radius 1 is 1.86 bits per heavy atom. The molecule has 0 unspecified atom stereocenters. The summed E-state index contributed by atoms with van der Waals surface area (Å²) in [7, 11) is 0. The van der Waals surface area contributed by atoms with E-state index in [-0.39, 0.29) is 0 Å². The van der Waals surface area contributed by atoms with Gasteiger partial charge in [-0.05, 0) is 12.4 Å². The molecule has 0 rings (SSSR count). The van der Waals surface area contributed by atoms with Crippen molar-refractivity contribution in [3.8, 4) is 0 Å². The molecule has 0 heterocycles. The van der Waals surface area contributed by atoms with Crippen LogP contribution in [0.15, 0.2) is 12.2 Å². The fourth-order valence-corrected chi connectivity index (χ4v) is 0.225. The summed E-state index contributed by atoms with van der Waals surface area (Å²) in [5.41, 5.74) is 0. The number of aldehydes is 1. The molecule has 0 spiro atoms. The molecule has 0 atom stereocenters. The minimum absolute atomic E-state index is 0.400. The van der Waals surface area contributed by atoms with Gasteiger partial charge in [0.2, 0.25) is 0 Å². The fraction of sp³-hybridized carbons (Fsp3) is 0.500. The molecule has 0 aliphatic heterocycles. The van der Waals surface area contributed by atoms with E-state index in [0.29, 0.717) is 12.7 Å². The smallest absolute Gasteiger partial charge is 0.142 e. The third-order valence-electron chi connectivity index (χ3n) is 0.497. The zero-order chi connectivity index (χ0) is 7.33. The monoisotopic (exact) mass is 100 g/mol. The molecule has 0 aromatic heterocycles. The second kappa shape index (κ2) is 5.41. The van der Waals surface area contributed by atoms with Crippen LogP contribution in [0.25, 0.3) is 0 Å². The molecule has 0 radical (unpaired) electrons. The van der Waals surface area contributed by atoms with Gasteiger partial charge in [0.05, 0.1) is 0 Å². The molecule has 0 saturated carbocycles. The van der Waals surface area contributed by atoms with Crippen molar-refractivity contribution in [1.29, 1.82) is 0 Å². The van der Waals surface area contributed by atoms with Crippen molar-refractivity contribution in [2.24, 2.45) is 0 Å². The first kappa shape index (κ1) is 3.42. The highest BCUT2D eigenvalue weighted by Crippen LogP contribution is 1.85. The first-order valence-electron chi connectivity index (χ1n) is 3.25. The van der Waals surface area contributed by atoms with Gasteiger partial charge in [-0.25, -0.2) is 0 Å². The number of hydrogen-bond donors (Lipinski definition) is 0. The van der Waals surface area contributed by atoms with E-state index in [1.807, 2.05) is 0 Å². The molecule has 0 saturated heterocycles. The lowest BCUT2D eigenvalue weighted by Gasteiger charge is -1.76. The molecule has 0 aliphatic rings. The van der Waals surface area contributed by atoms with Crippen molar-refractivity contribution in [2.45, 2.75) is 19.7 Å². The van der Waals surface area contributed by atoms with Crippen LogP contribution in [0.1, 0.15) is 22.5 Å². The molecule has 1 heteroatoms. The van der Waals surface area contributed by atoms with E-state index in [9.17, 15) is 4.79 Å². The van der Waals surface area contributed by atoms with Crippen LogP contribution in [0.5, 0.6) is 0 Å². The third-order valence-corrected chi connectivity index (χ3v) is 0.497. The molecule has 0 aliphatic carbocycles. The molecule has 40 valence electrons. The van der Waals surface area contributed by atoms with Gasteiger partial charge in [-0.3, -0.25) is 4.79 Å². The minimum Gasteiger partial charge on any atom is -0.299 e. The number of rotatable bonds is 3. The summed E-state index contributed by atoms with van der Waals surface area (Å²) < 4.78 is 14.2. The van der Waals surface area contributed by atoms with Gasteiger partial charge < -0.3 is 0 Å². The van der Waals surface area contributed by atoms with E-state index in [1.54, 1.807) is 6.92 Å². The van der Waals surface area contributed by atoms with Gasteiger partial charge in [0.15, 0.2) is 0 Å². The molecule has 1 nitrogen and oxygen atoms in total. The summed E-state index contributed by atoms with van der Waals surface area (Å²) in [6.07, 6.45) is 2.11. The second-order valence-electron chi connectivity index (χ2n) is 1.05. The highest BCUT2D eigenvalue weighted by molar-refractivity contribution is 5.64. The van der Waals surface area contributed by atoms with E-state index >= 15 is 0 Å². The van der Waals surface area contributed by atoms with Crippen LogP contribution in [0.4, 0.5) is 0 Å². The van der Waals surface area contributed by atoms with E-state index < -0.39 is 6.37 Å². The first-order valence-corrected chi connectivity index (χ1v) is 2.25. The lowest BCUT2D eigenvalue weighted by Crippen LogP contribution is -1.61. The van der Waals surface area contributed by atoms with Gasteiger partial charge >= 0.3 is 0 Å². The van der Waals surface area contributed by atoms with Gasteiger partial charge in [-0.1, -0.05) is 19.4 Å². The van der Waals surface area contributed by atoms with E-state index in [1.165, 1.54) is 12.2 Å². The van der Waals surface area contributed by atoms with Crippen molar-refractivity contribution in [2.75, 3.05) is 0 Å². The Hall–Kier alpha value is -0.590.